The molecule has 0 aliphatic heterocycles. The summed E-state index contributed by atoms with van der Waals surface area (Å²) in [5.74, 6) is -0.228. The van der Waals surface area contributed by atoms with Gasteiger partial charge in [-0.05, 0) is 12.1 Å². The average Bonchev–Trinajstić information content (AvgIpc) is 1.95. The molecule has 0 aromatic heterocycles. The van der Waals surface area contributed by atoms with Gasteiger partial charge in [-0.3, -0.25) is 0 Å². The Morgan fingerprint density at radius 2 is 2.00 bits per heavy atom. The molecule has 10 heavy (non-hydrogen) atoms. The Hall–Kier alpha value is -0.660. The van der Waals surface area contributed by atoms with Crippen LogP contribution in [0.2, 0.25) is 0 Å². The van der Waals surface area contributed by atoms with E-state index < -0.39 is 0 Å². The molecule has 0 unspecified atom stereocenters. The lowest BCUT2D eigenvalue weighted by Gasteiger charge is -1.97. The molecule has 0 aliphatic carbocycles. The molecule has 0 saturated heterocycles. The maximum Gasteiger partial charge on any atom is 0.170 e. The third-order valence-electron chi connectivity index (χ3n) is 1.09. The van der Waals surface area contributed by atoms with Crippen LogP contribution in [0.15, 0.2) is 18.2 Å². The fourth-order valence-corrected chi connectivity index (χ4v) is 1.38. The summed E-state index contributed by atoms with van der Waals surface area (Å²) in [7, 11) is 0.541. The second-order valence-electron chi connectivity index (χ2n) is 1.74. The lowest BCUT2D eigenvalue weighted by Crippen LogP contribution is -1.90. The van der Waals surface area contributed by atoms with Crippen LogP contribution < -0.4 is 5.30 Å². The Labute approximate surface area is 65.0 Å². The highest BCUT2D eigenvalue weighted by atomic mass is 32.4. The van der Waals surface area contributed by atoms with Gasteiger partial charge in [-0.2, -0.15) is 0 Å². The van der Waals surface area contributed by atoms with Crippen molar-refractivity contribution in [3.63, 3.8) is 0 Å². The van der Waals surface area contributed by atoms with Gasteiger partial charge in [0, 0.05) is 7.36 Å². The van der Waals surface area contributed by atoms with Crippen molar-refractivity contribution in [3.8, 4) is 11.5 Å². The van der Waals surface area contributed by atoms with E-state index >= 15 is 0 Å². The summed E-state index contributed by atoms with van der Waals surface area (Å²) in [5.41, 5.74) is 0. The third kappa shape index (κ3) is 1.25. The van der Waals surface area contributed by atoms with Gasteiger partial charge in [-0.1, -0.05) is 17.9 Å². The van der Waals surface area contributed by atoms with Gasteiger partial charge in [-0.25, -0.2) is 0 Å². The van der Waals surface area contributed by atoms with Crippen LogP contribution in [0.4, 0.5) is 0 Å². The Kier molecular flexibility index (Phi) is 2.20. The van der Waals surface area contributed by atoms with E-state index in [1.165, 1.54) is 6.07 Å². The molecule has 0 spiro atoms. The molecular weight excluding hydrogens is 167 g/mol. The van der Waals surface area contributed by atoms with Gasteiger partial charge in [0.25, 0.3) is 0 Å². The van der Waals surface area contributed by atoms with Crippen molar-refractivity contribution in [3.05, 3.63) is 18.2 Å². The minimum Gasteiger partial charge on any atom is -0.504 e. The van der Waals surface area contributed by atoms with Gasteiger partial charge in [0.05, 0.1) is 5.30 Å². The van der Waals surface area contributed by atoms with Crippen molar-refractivity contribution < 1.29 is 10.2 Å². The summed E-state index contributed by atoms with van der Waals surface area (Å²) < 4.78 is 0. The molecule has 0 amide bonds. The van der Waals surface area contributed by atoms with Crippen molar-refractivity contribution in [2.45, 2.75) is 0 Å². The Morgan fingerprint density at radius 3 is 2.50 bits per heavy atom. The summed E-state index contributed by atoms with van der Waals surface area (Å²) in [6.07, 6.45) is 0. The standard InChI is InChI=1S/C6H5O2PS/c7-4-2-1-3-5(9-10)6(4)8/h1-3,7-8H. The normalized spacial score (nSPS) is 10.0. The minimum absolute atomic E-state index is 0.112. The molecule has 0 aliphatic rings. The fraction of sp³-hybridized carbons (Fsp3) is 0. The van der Waals surface area contributed by atoms with Crippen LogP contribution in [-0.4, -0.2) is 10.2 Å². The van der Waals surface area contributed by atoms with Crippen LogP contribution in [0.5, 0.6) is 11.5 Å². The first kappa shape index (κ1) is 7.45. The number of phenols is 2. The molecule has 1 rings (SSSR count). The van der Waals surface area contributed by atoms with E-state index in [1.54, 1.807) is 12.1 Å². The second-order valence-corrected chi connectivity index (χ2v) is 2.95. The number of rotatable bonds is 1. The lowest BCUT2D eigenvalue weighted by atomic mass is 10.3. The summed E-state index contributed by atoms with van der Waals surface area (Å²) >= 11 is 4.67. The highest BCUT2D eigenvalue weighted by Crippen LogP contribution is 2.23. The topological polar surface area (TPSA) is 40.5 Å². The first-order valence-electron chi connectivity index (χ1n) is 2.60. The molecule has 0 atom stereocenters. The van der Waals surface area contributed by atoms with Crippen LogP contribution >= 0.6 is 7.36 Å². The lowest BCUT2D eigenvalue weighted by molar-refractivity contribution is 0.407. The van der Waals surface area contributed by atoms with Crippen molar-refractivity contribution >= 4 is 24.5 Å². The molecule has 2 nitrogen and oxygen atoms in total. The molecule has 0 bridgehead atoms. The number of hydrogen-bond donors (Lipinski definition) is 2. The quantitative estimate of drug-likeness (QED) is 0.492. The first-order chi connectivity index (χ1) is 4.75. The van der Waals surface area contributed by atoms with E-state index in [4.69, 9.17) is 10.2 Å². The van der Waals surface area contributed by atoms with E-state index in [9.17, 15) is 0 Å². The monoisotopic (exact) mass is 172 g/mol. The van der Waals surface area contributed by atoms with Crippen LogP contribution in [0, 0.1) is 0 Å². The SMILES string of the molecule is Oc1cccc(P=S)c1O. The van der Waals surface area contributed by atoms with E-state index in [0.29, 0.717) is 12.7 Å². The molecular formula is C6H5O2PS. The number of para-hydroxylation sites is 1. The summed E-state index contributed by atoms with van der Waals surface area (Å²) in [6.45, 7) is 0. The Morgan fingerprint density at radius 1 is 1.30 bits per heavy atom. The summed E-state index contributed by atoms with van der Waals surface area (Å²) in [6, 6.07) is 4.73. The van der Waals surface area contributed by atoms with Crippen molar-refractivity contribution in [2.24, 2.45) is 0 Å². The average molecular weight is 172 g/mol. The highest BCUT2D eigenvalue weighted by molar-refractivity contribution is 7.99. The van der Waals surface area contributed by atoms with E-state index in [0.717, 1.165) is 0 Å². The molecule has 0 radical (unpaired) electrons. The first-order valence-corrected chi connectivity index (χ1v) is 4.51. The molecule has 1 aromatic rings. The second kappa shape index (κ2) is 2.95. The van der Waals surface area contributed by atoms with Gasteiger partial charge in [0.1, 0.15) is 0 Å². The van der Waals surface area contributed by atoms with Gasteiger partial charge in [-0.15, -0.1) is 0 Å². The highest BCUT2D eigenvalue weighted by Gasteiger charge is 2.01. The van der Waals surface area contributed by atoms with Crippen LogP contribution in [0.25, 0.3) is 0 Å². The molecule has 1 aromatic carbocycles. The molecule has 2 N–H and O–H groups in total. The predicted octanol–water partition coefficient (Wildman–Crippen LogP) is 1.13. The number of benzene rings is 1. The number of aromatic hydroxyl groups is 2. The van der Waals surface area contributed by atoms with Crippen LogP contribution in [-0.2, 0) is 11.8 Å². The molecule has 0 saturated carbocycles. The van der Waals surface area contributed by atoms with Crippen molar-refractivity contribution in [1.29, 1.82) is 0 Å². The molecule has 4 heteroatoms. The maximum absolute atomic E-state index is 9.07. The zero-order chi connectivity index (χ0) is 7.56. The van der Waals surface area contributed by atoms with Crippen LogP contribution in [0.3, 0.4) is 0 Å². The smallest absolute Gasteiger partial charge is 0.170 e. The zero-order valence-corrected chi connectivity index (χ0v) is 6.69. The zero-order valence-electron chi connectivity index (χ0n) is 4.98. The van der Waals surface area contributed by atoms with Crippen LogP contribution in [0.1, 0.15) is 0 Å². The summed E-state index contributed by atoms with van der Waals surface area (Å²) in [4.78, 5) is 0. The van der Waals surface area contributed by atoms with E-state index in [-0.39, 0.29) is 11.5 Å². The van der Waals surface area contributed by atoms with Gasteiger partial charge in [0.15, 0.2) is 11.5 Å². The van der Waals surface area contributed by atoms with Crippen molar-refractivity contribution in [1.82, 2.24) is 0 Å². The third-order valence-corrected chi connectivity index (χ3v) is 2.24. The minimum atomic E-state index is -0.116. The molecule has 52 valence electrons. The summed E-state index contributed by atoms with van der Waals surface area (Å²) in [5, 5.41) is 18.6. The van der Waals surface area contributed by atoms with Crippen molar-refractivity contribution in [2.75, 3.05) is 0 Å². The fourth-order valence-electron chi connectivity index (χ4n) is 0.593. The van der Waals surface area contributed by atoms with Gasteiger partial charge < -0.3 is 10.2 Å². The van der Waals surface area contributed by atoms with E-state index in [1.807, 2.05) is 0 Å². The van der Waals surface area contributed by atoms with Gasteiger partial charge >= 0.3 is 0 Å². The maximum atomic E-state index is 9.07. The molecule has 0 heterocycles. The Balaban J connectivity index is 3.27. The largest absolute Gasteiger partial charge is 0.504 e. The van der Waals surface area contributed by atoms with E-state index in [2.05, 4.69) is 11.8 Å². The predicted molar refractivity (Wildman–Crippen MR) is 43.7 cm³/mol. The van der Waals surface area contributed by atoms with Gasteiger partial charge in [0.2, 0.25) is 0 Å². The number of phenolic OH excluding ortho intramolecular Hbond substituents is 2. The number of hydrogen-bond acceptors (Lipinski definition) is 3. The Bertz CT molecular complexity index is 262. The molecule has 0 fully saturated rings.